The van der Waals surface area contributed by atoms with Crippen molar-refractivity contribution in [2.24, 2.45) is 5.92 Å². The summed E-state index contributed by atoms with van der Waals surface area (Å²) in [5, 5.41) is 9.27. The van der Waals surface area contributed by atoms with Crippen molar-refractivity contribution in [1.82, 2.24) is 4.90 Å². The van der Waals surface area contributed by atoms with Crippen LogP contribution in [0, 0.1) is 17.2 Å². The summed E-state index contributed by atoms with van der Waals surface area (Å²) < 4.78 is 11.1. The minimum Gasteiger partial charge on any atom is -0.494 e. The quantitative estimate of drug-likeness (QED) is 0.781. The highest BCUT2D eigenvalue weighted by Crippen LogP contribution is 2.25. The van der Waals surface area contributed by atoms with Crippen LogP contribution in [0.1, 0.15) is 45.6 Å². The summed E-state index contributed by atoms with van der Waals surface area (Å²) in [6, 6.07) is 7.12. The van der Waals surface area contributed by atoms with E-state index in [0.717, 1.165) is 32.4 Å². The van der Waals surface area contributed by atoms with Gasteiger partial charge < -0.3 is 14.4 Å². The molecule has 2 rings (SSSR count). The predicted octanol–water partition coefficient (Wildman–Crippen LogP) is 4.63. The van der Waals surface area contributed by atoms with Gasteiger partial charge in [0.2, 0.25) is 0 Å². The maximum absolute atomic E-state index is 12.0. The van der Waals surface area contributed by atoms with E-state index < -0.39 is 5.60 Å². The third kappa shape index (κ3) is 6.13. The average molecular weight is 365 g/mol. The molecule has 1 aliphatic rings. The molecule has 1 amide bonds. The number of rotatable bonds is 4. The number of carbonyl (C=O) groups excluding carboxylic acids is 1. The zero-order chi connectivity index (χ0) is 18.4. The standard InChI is InChI=1S/C19H25ClN2O3/c1-19(2,3)25-18(23)22-9-6-14(7-10-22)8-11-24-16-5-4-15(13-21)17(20)12-16/h4-5,12,14H,6-11H2,1-3H3. The lowest BCUT2D eigenvalue weighted by Crippen LogP contribution is -2.41. The Labute approximate surface area is 154 Å². The fourth-order valence-corrected chi connectivity index (χ4v) is 2.96. The molecule has 0 atom stereocenters. The van der Waals surface area contributed by atoms with E-state index in [1.165, 1.54) is 0 Å². The molecule has 1 aliphatic heterocycles. The SMILES string of the molecule is CC(C)(C)OC(=O)N1CCC(CCOc2ccc(C#N)c(Cl)c2)CC1. The highest BCUT2D eigenvalue weighted by Gasteiger charge is 2.26. The molecule has 1 aromatic rings. The number of nitriles is 1. The first-order chi connectivity index (χ1) is 11.8. The van der Waals surface area contributed by atoms with E-state index >= 15 is 0 Å². The predicted molar refractivity (Wildman–Crippen MR) is 96.8 cm³/mol. The van der Waals surface area contributed by atoms with E-state index in [1.54, 1.807) is 23.1 Å². The van der Waals surface area contributed by atoms with Gasteiger partial charge in [-0.15, -0.1) is 0 Å². The summed E-state index contributed by atoms with van der Waals surface area (Å²) in [6.45, 7) is 7.68. The number of carbonyl (C=O) groups is 1. The number of hydrogen-bond donors (Lipinski definition) is 0. The first kappa shape index (κ1) is 19.4. The summed E-state index contributed by atoms with van der Waals surface area (Å²) in [4.78, 5) is 13.8. The Morgan fingerprint density at radius 1 is 1.36 bits per heavy atom. The minimum absolute atomic E-state index is 0.227. The molecule has 6 heteroatoms. The molecule has 1 saturated heterocycles. The molecule has 1 aromatic carbocycles. The van der Waals surface area contributed by atoms with Crippen LogP contribution in [0.25, 0.3) is 0 Å². The highest BCUT2D eigenvalue weighted by molar-refractivity contribution is 6.31. The molecule has 1 heterocycles. The molecule has 0 saturated carbocycles. The van der Waals surface area contributed by atoms with Gasteiger partial charge in [0.1, 0.15) is 17.4 Å². The van der Waals surface area contributed by atoms with Gasteiger partial charge in [-0.2, -0.15) is 5.26 Å². The Kier molecular flexibility index (Phi) is 6.55. The lowest BCUT2D eigenvalue weighted by Gasteiger charge is -2.33. The number of benzene rings is 1. The van der Waals surface area contributed by atoms with Crippen molar-refractivity contribution in [2.75, 3.05) is 19.7 Å². The molecular formula is C19H25ClN2O3. The summed E-state index contributed by atoms with van der Waals surface area (Å²) >= 11 is 6.00. The lowest BCUT2D eigenvalue weighted by molar-refractivity contribution is 0.0177. The molecule has 5 nitrogen and oxygen atoms in total. The van der Waals surface area contributed by atoms with Crippen LogP contribution in [0.5, 0.6) is 5.75 Å². The van der Waals surface area contributed by atoms with E-state index in [9.17, 15) is 4.79 Å². The van der Waals surface area contributed by atoms with Crippen molar-refractivity contribution in [3.05, 3.63) is 28.8 Å². The van der Waals surface area contributed by atoms with Gasteiger partial charge in [-0.25, -0.2) is 4.79 Å². The van der Waals surface area contributed by atoms with Crippen LogP contribution in [0.3, 0.4) is 0 Å². The molecule has 25 heavy (non-hydrogen) atoms. The van der Waals surface area contributed by atoms with Crippen LogP contribution in [0.2, 0.25) is 5.02 Å². The normalized spacial score (nSPS) is 15.6. The van der Waals surface area contributed by atoms with Gasteiger partial charge in [0, 0.05) is 19.2 Å². The molecule has 0 N–H and O–H groups in total. The first-order valence-electron chi connectivity index (χ1n) is 8.59. The van der Waals surface area contributed by atoms with Gasteiger partial charge in [-0.3, -0.25) is 0 Å². The topological polar surface area (TPSA) is 62.6 Å². The van der Waals surface area contributed by atoms with Crippen LogP contribution in [0.15, 0.2) is 18.2 Å². The second-order valence-electron chi connectivity index (χ2n) is 7.30. The molecule has 0 radical (unpaired) electrons. The number of likely N-dealkylation sites (tertiary alicyclic amines) is 1. The molecule has 0 spiro atoms. The third-order valence-electron chi connectivity index (χ3n) is 4.12. The molecule has 1 fully saturated rings. The summed E-state index contributed by atoms with van der Waals surface area (Å²) in [5.74, 6) is 1.21. The Morgan fingerprint density at radius 2 is 2.04 bits per heavy atom. The lowest BCUT2D eigenvalue weighted by atomic mass is 9.94. The Bertz CT molecular complexity index is 641. The van der Waals surface area contributed by atoms with Crippen LogP contribution in [-0.2, 0) is 4.74 Å². The molecule has 0 aromatic heterocycles. The van der Waals surface area contributed by atoms with E-state index in [2.05, 4.69) is 0 Å². The second kappa shape index (κ2) is 8.44. The van der Waals surface area contributed by atoms with Crippen LogP contribution in [0.4, 0.5) is 4.79 Å². The monoisotopic (exact) mass is 364 g/mol. The van der Waals surface area contributed by atoms with Gasteiger partial charge in [0.05, 0.1) is 17.2 Å². The van der Waals surface area contributed by atoms with Crippen molar-refractivity contribution in [3.63, 3.8) is 0 Å². The van der Waals surface area contributed by atoms with E-state index in [-0.39, 0.29) is 6.09 Å². The van der Waals surface area contributed by atoms with Crippen molar-refractivity contribution in [2.45, 2.75) is 45.6 Å². The fourth-order valence-electron chi connectivity index (χ4n) is 2.75. The maximum atomic E-state index is 12.0. The highest BCUT2D eigenvalue weighted by atomic mass is 35.5. The maximum Gasteiger partial charge on any atom is 0.410 e. The zero-order valence-corrected chi connectivity index (χ0v) is 15.8. The molecular weight excluding hydrogens is 340 g/mol. The van der Waals surface area contributed by atoms with Crippen molar-refractivity contribution >= 4 is 17.7 Å². The smallest absolute Gasteiger partial charge is 0.410 e. The van der Waals surface area contributed by atoms with Gasteiger partial charge >= 0.3 is 6.09 Å². The average Bonchev–Trinajstić information content (AvgIpc) is 2.54. The first-order valence-corrected chi connectivity index (χ1v) is 8.96. The van der Waals surface area contributed by atoms with E-state index in [1.807, 2.05) is 26.8 Å². The van der Waals surface area contributed by atoms with Crippen molar-refractivity contribution in [1.29, 1.82) is 5.26 Å². The molecule has 0 aliphatic carbocycles. The summed E-state index contributed by atoms with van der Waals surface area (Å²) in [7, 11) is 0. The van der Waals surface area contributed by atoms with Gasteiger partial charge in [-0.05, 0) is 58.1 Å². The minimum atomic E-state index is -0.454. The number of ether oxygens (including phenoxy) is 2. The largest absolute Gasteiger partial charge is 0.494 e. The number of hydrogen-bond acceptors (Lipinski definition) is 4. The Hall–Kier alpha value is -1.93. The molecule has 136 valence electrons. The Morgan fingerprint density at radius 3 is 2.60 bits per heavy atom. The van der Waals surface area contributed by atoms with Gasteiger partial charge in [0.25, 0.3) is 0 Å². The number of piperidine rings is 1. The fraction of sp³-hybridized carbons (Fsp3) is 0.579. The van der Waals surface area contributed by atoms with Crippen LogP contribution >= 0.6 is 11.6 Å². The van der Waals surface area contributed by atoms with Gasteiger partial charge in [-0.1, -0.05) is 11.6 Å². The zero-order valence-electron chi connectivity index (χ0n) is 15.0. The van der Waals surface area contributed by atoms with Crippen molar-refractivity contribution < 1.29 is 14.3 Å². The summed E-state index contributed by atoms with van der Waals surface area (Å²) in [6.07, 6.45) is 2.61. The van der Waals surface area contributed by atoms with Crippen LogP contribution in [-0.4, -0.2) is 36.3 Å². The van der Waals surface area contributed by atoms with Crippen LogP contribution < -0.4 is 4.74 Å². The number of halogens is 1. The van der Waals surface area contributed by atoms with E-state index in [4.69, 9.17) is 26.3 Å². The van der Waals surface area contributed by atoms with Crippen molar-refractivity contribution in [3.8, 4) is 11.8 Å². The molecule has 0 unspecified atom stereocenters. The summed E-state index contributed by atoms with van der Waals surface area (Å²) in [5.41, 5.74) is -0.00651. The Balaban J connectivity index is 1.71. The third-order valence-corrected chi connectivity index (χ3v) is 4.43. The number of amides is 1. The number of nitrogens with zero attached hydrogens (tertiary/aromatic N) is 2. The van der Waals surface area contributed by atoms with Gasteiger partial charge in [0.15, 0.2) is 0 Å². The molecule has 0 bridgehead atoms. The second-order valence-corrected chi connectivity index (χ2v) is 7.71. The van der Waals surface area contributed by atoms with E-state index in [0.29, 0.717) is 28.9 Å².